The zero-order valence-electron chi connectivity index (χ0n) is 21.1. The van der Waals surface area contributed by atoms with Crippen LogP contribution in [0.15, 0.2) is 41.3 Å². The van der Waals surface area contributed by atoms with Crippen LogP contribution in [0.5, 0.6) is 11.5 Å². The summed E-state index contributed by atoms with van der Waals surface area (Å²) in [5, 5.41) is 10.4. The predicted octanol–water partition coefficient (Wildman–Crippen LogP) is 2.25. The Morgan fingerprint density at radius 3 is 2.16 bits per heavy atom. The van der Waals surface area contributed by atoms with Gasteiger partial charge in [-0.05, 0) is 30.3 Å². The largest absolute Gasteiger partial charge is 0.497 e. The van der Waals surface area contributed by atoms with Crippen LogP contribution in [0.25, 0.3) is 0 Å². The summed E-state index contributed by atoms with van der Waals surface area (Å²) in [6.07, 6.45) is -5.08. The summed E-state index contributed by atoms with van der Waals surface area (Å²) in [5.41, 5.74) is 1.50. The molecule has 0 aromatic heterocycles. The van der Waals surface area contributed by atoms with E-state index >= 15 is 0 Å². The van der Waals surface area contributed by atoms with E-state index < -0.39 is 22.2 Å². The van der Waals surface area contributed by atoms with Gasteiger partial charge < -0.3 is 29.7 Å². The first-order chi connectivity index (χ1) is 17.7. The van der Waals surface area contributed by atoms with Gasteiger partial charge >= 0.3 is 12.1 Å². The molecule has 2 aromatic rings. The Morgan fingerprint density at radius 2 is 1.66 bits per heavy atom. The van der Waals surface area contributed by atoms with Gasteiger partial charge in [-0.3, -0.25) is 9.52 Å². The third kappa shape index (κ3) is 7.89. The number of anilines is 2. The van der Waals surface area contributed by atoms with Gasteiger partial charge in [-0.2, -0.15) is 13.2 Å². The lowest BCUT2D eigenvalue weighted by Crippen LogP contribution is -2.44. The normalized spacial score (nSPS) is 13.6. The van der Waals surface area contributed by atoms with Crippen molar-refractivity contribution in [3.8, 4) is 11.5 Å². The Morgan fingerprint density at radius 1 is 1.05 bits per heavy atom. The minimum Gasteiger partial charge on any atom is -0.497 e. The van der Waals surface area contributed by atoms with Crippen LogP contribution in [-0.4, -0.2) is 91.0 Å². The number of carboxylic acids is 1. The van der Waals surface area contributed by atoms with Gasteiger partial charge in [-0.1, -0.05) is 0 Å². The summed E-state index contributed by atoms with van der Waals surface area (Å²) in [6, 6.07) is 9.55. The van der Waals surface area contributed by atoms with E-state index in [4.69, 9.17) is 19.4 Å². The van der Waals surface area contributed by atoms with Crippen molar-refractivity contribution in [3.63, 3.8) is 0 Å². The molecule has 1 fully saturated rings. The zero-order chi connectivity index (χ0) is 28.7. The Labute approximate surface area is 218 Å². The number of hydrogen-bond donors (Lipinski definition) is 3. The van der Waals surface area contributed by atoms with Crippen LogP contribution in [0.1, 0.15) is 10.4 Å². The third-order valence-corrected chi connectivity index (χ3v) is 6.65. The summed E-state index contributed by atoms with van der Waals surface area (Å²) < 4.78 is 70.8. The highest BCUT2D eigenvalue weighted by Crippen LogP contribution is 2.31. The molecule has 0 unspecified atom stereocenters. The standard InChI is InChI=1S/C21H28N4O5S.C2HF3O2/c1-24(2)21(26)17-13-15(5-7-18(17)25-11-9-22-10-12-25)23-31(27,28)20-14-16(29-3)6-8-19(20)30-4;3-2(4,5)1(6)7/h5-8,13-14,22-23H,9-12H2,1-4H3;(H,6,7). The lowest BCUT2D eigenvalue weighted by molar-refractivity contribution is -0.192. The van der Waals surface area contributed by atoms with Crippen molar-refractivity contribution in [2.24, 2.45) is 0 Å². The molecule has 3 N–H and O–H groups in total. The number of nitrogens with one attached hydrogen (secondary N) is 2. The predicted molar refractivity (Wildman–Crippen MR) is 134 cm³/mol. The molecule has 38 heavy (non-hydrogen) atoms. The molecule has 210 valence electrons. The average molecular weight is 563 g/mol. The smallest absolute Gasteiger partial charge is 0.490 e. The molecule has 1 amide bonds. The van der Waals surface area contributed by atoms with Crippen molar-refractivity contribution < 1.29 is 45.8 Å². The van der Waals surface area contributed by atoms with E-state index in [1.165, 1.54) is 31.3 Å². The van der Waals surface area contributed by atoms with E-state index in [9.17, 15) is 26.4 Å². The van der Waals surface area contributed by atoms with Gasteiger partial charge in [-0.25, -0.2) is 13.2 Å². The lowest BCUT2D eigenvalue weighted by Gasteiger charge is -2.31. The number of benzene rings is 2. The molecule has 0 bridgehead atoms. The fourth-order valence-electron chi connectivity index (χ4n) is 3.40. The molecule has 0 radical (unpaired) electrons. The second-order valence-electron chi connectivity index (χ2n) is 8.09. The molecule has 0 spiro atoms. The van der Waals surface area contributed by atoms with E-state index in [1.807, 2.05) is 0 Å². The number of nitrogens with zero attached hydrogens (tertiary/aromatic N) is 2. The van der Waals surface area contributed by atoms with E-state index in [0.717, 1.165) is 31.9 Å². The number of aliphatic carboxylic acids is 1. The van der Waals surface area contributed by atoms with E-state index in [-0.39, 0.29) is 22.2 Å². The monoisotopic (exact) mass is 562 g/mol. The second kappa shape index (κ2) is 12.7. The number of carbonyl (C=O) groups excluding carboxylic acids is 1. The highest BCUT2D eigenvalue weighted by molar-refractivity contribution is 7.92. The van der Waals surface area contributed by atoms with E-state index in [2.05, 4.69) is 14.9 Å². The van der Waals surface area contributed by atoms with Crippen LogP contribution in [0, 0.1) is 0 Å². The summed E-state index contributed by atoms with van der Waals surface area (Å²) >= 11 is 0. The fraction of sp³-hybridized carbons (Fsp3) is 0.391. The highest BCUT2D eigenvalue weighted by Gasteiger charge is 2.38. The SMILES string of the molecule is COc1ccc(OC)c(S(=O)(=O)Nc2ccc(N3CCNCC3)c(C(=O)N(C)C)c2)c1.O=C(O)C(F)(F)F. The van der Waals surface area contributed by atoms with Gasteiger partial charge in [-0.15, -0.1) is 0 Å². The molecular formula is C23H29F3N4O7S. The van der Waals surface area contributed by atoms with Gasteiger partial charge in [0.05, 0.1) is 19.8 Å². The second-order valence-corrected chi connectivity index (χ2v) is 9.74. The van der Waals surface area contributed by atoms with Crippen molar-refractivity contribution in [1.82, 2.24) is 10.2 Å². The number of carboxylic acid groups (broad SMARTS) is 1. The highest BCUT2D eigenvalue weighted by atomic mass is 32.2. The van der Waals surface area contributed by atoms with Gasteiger partial charge in [0.25, 0.3) is 15.9 Å². The number of ether oxygens (including phenoxy) is 2. The number of piperazine rings is 1. The van der Waals surface area contributed by atoms with Crippen LogP contribution < -0.4 is 24.4 Å². The summed E-state index contributed by atoms with van der Waals surface area (Å²) in [4.78, 5) is 25.3. The Kier molecular flexibility index (Phi) is 10.2. The number of amides is 1. The molecule has 0 saturated carbocycles. The van der Waals surface area contributed by atoms with Gasteiger partial charge in [0.15, 0.2) is 0 Å². The molecule has 1 saturated heterocycles. The van der Waals surface area contributed by atoms with Crippen LogP contribution in [0.3, 0.4) is 0 Å². The van der Waals surface area contributed by atoms with Crippen LogP contribution >= 0.6 is 0 Å². The van der Waals surface area contributed by atoms with Crippen LogP contribution in [-0.2, 0) is 14.8 Å². The topological polar surface area (TPSA) is 138 Å². The molecule has 1 aliphatic heterocycles. The molecule has 1 aliphatic rings. The molecule has 1 heterocycles. The molecule has 3 rings (SSSR count). The maximum absolute atomic E-state index is 13.1. The number of rotatable bonds is 7. The van der Waals surface area contributed by atoms with Gasteiger partial charge in [0, 0.05) is 57.7 Å². The molecule has 0 aliphatic carbocycles. The first kappa shape index (κ1) is 30.5. The number of hydrogen-bond acceptors (Lipinski definition) is 8. The molecule has 11 nitrogen and oxygen atoms in total. The summed E-state index contributed by atoms with van der Waals surface area (Å²) in [7, 11) is 2.20. The summed E-state index contributed by atoms with van der Waals surface area (Å²) in [6.45, 7) is 3.17. The van der Waals surface area contributed by atoms with Crippen molar-refractivity contribution in [3.05, 3.63) is 42.0 Å². The van der Waals surface area contributed by atoms with Crippen LogP contribution in [0.2, 0.25) is 0 Å². The first-order valence-electron chi connectivity index (χ1n) is 11.1. The minimum absolute atomic E-state index is 0.0546. The van der Waals surface area contributed by atoms with Crippen molar-refractivity contribution in [1.29, 1.82) is 0 Å². The van der Waals surface area contributed by atoms with Gasteiger partial charge in [0.1, 0.15) is 16.4 Å². The zero-order valence-corrected chi connectivity index (χ0v) is 21.9. The number of alkyl halides is 3. The van der Waals surface area contributed by atoms with E-state index in [1.54, 1.807) is 38.4 Å². The number of sulfonamides is 1. The third-order valence-electron chi connectivity index (χ3n) is 5.25. The first-order valence-corrected chi connectivity index (χ1v) is 12.6. The van der Waals surface area contributed by atoms with Crippen molar-refractivity contribution in [2.45, 2.75) is 11.1 Å². The minimum atomic E-state index is -5.08. The number of halogens is 3. The fourth-order valence-corrected chi connectivity index (χ4v) is 4.63. The average Bonchev–Trinajstić information content (AvgIpc) is 2.87. The Balaban J connectivity index is 0.000000638. The molecule has 0 atom stereocenters. The molecule has 15 heteroatoms. The van der Waals surface area contributed by atoms with Crippen molar-refractivity contribution in [2.75, 3.05) is 64.1 Å². The van der Waals surface area contributed by atoms with Crippen LogP contribution in [0.4, 0.5) is 24.5 Å². The maximum Gasteiger partial charge on any atom is 0.490 e. The number of carbonyl (C=O) groups is 2. The lowest BCUT2D eigenvalue weighted by atomic mass is 10.1. The molecular weight excluding hydrogens is 533 g/mol. The van der Waals surface area contributed by atoms with Crippen molar-refractivity contribution >= 4 is 33.3 Å². The number of methoxy groups -OCH3 is 2. The Hall–Kier alpha value is -3.72. The maximum atomic E-state index is 13.1. The van der Waals surface area contributed by atoms with Gasteiger partial charge in [0.2, 0.25) is 0 Å². The quantitative estimate of drug-likeness (QED) is 0.464. The molecule has 2 aromatic carbocycles. The Bertz CT molecular complexity index is 1250. The van der Waals surface area contributed by atoms with E-state index in [0.29, 0.717) is 11.3 Å². The summed E-state index contributed by atoms with van der Waals surface area (Å²) in [5.74, 6) is -2.38.